The zero-order chi connectivity index (χ0) is 14.4. The maximum Gasteiger partial charge on any atom is 0.157 e. The number of rotatable bonds is 4. The first-order valence-corrected chi connectivity index (χ1v) is 8.04. The second-order valence-corrected chi connectivity index (χ2v) is 6.82. The van der Waals surface area contributed by atoms with Crippen molar-refractivity contribution in [2.75, 3.05) is 5.32 Å². The first-order chi connectivity index (χ1) is 10.2. The van der Waals surface area contributed by atoms with Crippen LogP contribution < -0.4 is 5.32 Å². The van der Waals surface area contributed by atoms with E-state index in [0.29, 0.717) is 5.92 Å². The van der Waals surface area contributed by atoms with E-state index in [1.165, 1.54) is 23.4 Å². The molecule has 3 aromatic heterocycles. The Balaban J connectivity index is 1.65. The highest BCUT2D eigenvalue weighted by molar-refractivity contribution is 7.11. The third-order valence-corrected chi connectivity index (χ3v) is 4.88. The number of thiazole rings is 1. The standard InChI is InChI=1S/C15H17N5S/c1-9-13(21-10(2)18-9)8-16-15-7-12(11-3-4-11)19-14-5-6-17-20(14)15/h5-7,11,16H,3-4,8H2,1-2H3. The Labute approximate surface area is 127 Å². The largest absolute Gasteiger partial charge is 0.365 e. The smallest absolute Gasteiger partial charge is 0.157 e. The highest BCUT2D eigenvalue weighted by atomic mass is 32.1. The number of nitrogens with zero attached hydrogens (tertiary/aromatic N) is 4. The third kappa shape index (κ3) is 2.40. The van der Waals surface area contributed by atoms with Crippen molar-refractivity contribution in [1.82, 2.24) is 19.6 Å². The summed E-state index contributed by atoms with van der Waals surface area (Å²) in [7, 11) is 0. The molecular formula is C15H17N5S. The molecule has 1 N–H and O–H groups in total. The Kier molecular flexibility index (Phi) is 2.92. The summed E-state index contributed by atoms with van der Waals surface area (Å²) in [5.41, 5.74) is 3.21. The molecule has 6 heteroatoms. The molecule has 3 aromatic rings. The average molecular weight is 299 g/mol. The van der Waals surface area contributed by atoms with E-state index >= 15 is 0 Å². The van der Waals surface area contributed by atoms with Gasteiger partial charge in [-0.25, -0.2) is 9.97 Å². The molecule has 0 atom stereocenters. The summed E-state index contributed by atoms with van der Waals surface area (Å²) in [5.74, 6) is 1.65. The van der Waals surface area contributed by atoms with Crippen LogP contribution in [-0.4, -0.2) is 19.6 Å². The SMILES string of the molecule is Cc1nc(C)c(CNc2cc(C3CC3)nc3ccnn23)s1. The minimum Gasteiger partial charge on any atom is -0.365 e. The van der Waals surface area contributed by atoms with E-state index in [1.54, 1.807) is 17.5 Å². The van der Waals surface area contributed by atoms with Gasteiger partial charge in [-0.2, -0.15) is 9.61 Å². The van der Waals surface area contributed by atoms with E-state index in [-0.39, 0.29) is 0 Å². The predicted octanol–water partition coefficient (Wildman–Crippen LogP) is 3.29. The number of nitrogens with one attached hydrogen (secondary N) is 1. The van der Waals surface area contributed by atoms with Crippen molar-refractivity contribution in [2.45, 2.75) is 39.2 Å². The van der Waals surface area contributed by atoms with Crippen molar-refractivity contribution < 1.29 is 0 Å². The van der Waals surface area contributed by atoms with E-state index in [4.69, 9.17) is 0 Å². The van der Waals surface area contributed by atoms with Crippen molar-refractivity contribution in [1.29, 1.82) is 0 Å². The van der Waals surface area contributed by atoms with Crippen molar-refractivity contribution >= 4 is 22.8 Å². The predicted molar refractivity (Wildman–Crippen MR) is 83.9 cm³/mol. The Morgan fingerprint density at radius 2 is 2.19 bits per heavy atom. The highest BCUT2D eigenvalue weighted by Crippen LogP contribution is 2.39. The van der Waals surface area contributed by atoms with Crippen LogP contribution in [0, 0.1) is 13.8 Å². The third-order valence-electron chi connectivity index (χ3n) is 3.80. The molecule has 1 saturated carbocycles. The number of hydrogen-bond acceptors (Lipinski definition) is 5. The van der Waals surface area contributed by atoms with E-state index in [9.17, 15) is 0 Å². The molecule has 0 saturated heterocycles. The zero-order valence-electron chi connectivity index (χ0n) is 12.1. The van der Waals surface area contributed by atoms with Crippen LogP contribution in [0.15, 0.2) is 18.3 Å². The summed E-state index contributed by atoms with van der Waals surface area (Å²) in [6.07, 6.45) is 4.31. The molecule has 3 heterocycles. The topological polar surface area (TPSA) is 55.1 Å². The Morgan fingerprint density at radius 1 is 1.33 bits per heavy atom. The Hall–Kier alpha value is -1.95. The quantitative estimate of drug-likeness (QED) is 0.803. The molecule has 1 fully saturated rings. The molecule has 108 valence electrons. The first kappa shape index (κ1) is 12.8. The molecule has 1 aliphatic carbocycles. The van der Waals surface area contributed by atoms with Gasteiger partial charge in [0.05, 0.1) is 23.4 Å². The first-order valence-electron chi connectivity index (χ1n) is 7.22. The zero-order valence-corrected chi connectivity index (χ0v) is 12.9. The van der Waals surface area contributed by atoms with Crippen LogP contribution in [0.1, 0.15) is 40.0 Å². The van der Waals surface area contributed by atoms with E-state index in [1.807, 2.05) is 17.5 Å². The molecule has 0 radical (unpaired) electrons. The fraction of sp³-hybridized carbons (Fsp3) is 0.400. The highest BCUT2D eigenvalue weighted by Gasteiger charge is 2.26. The van der Waals surface area contributed by atoms with Gasteiger partial charge in [0.25, 0.3) is 0 Å². The van der Waals surface area contributed by atoms with Gasteiger partial charge < -0.3 is 5.32 Å². The lowest BCUT2D eigenvalue weighted by atomic mass is 10.2. The van der Waals surface area contributed by atoms with Gasteiger partial charge in [-0.05, 0) is 26.7 Å². The summed E-state index contributed by atoms with van der Waals surface area (Å²) in [6, 6.07) is 4.10. The van der Waals surface area contributed by atoms with Crippen molar-refractivity contribution in [3.05, 3.63) is 39.6 Å². The summed E-state index contributed by atoms with van der Waals surface area (Å²) < 4.78 is 1.87. The van der Waals surface area contributed by atoms with E-state index in [0.717, 1.165) is 28.7 Å². The normalized spacial score (nSPS) is 14.8. The van der Waals surface area contributed by atoms with Gasteiger partial charge in [0.2, 0.25) is 0 Å². The Bertz CT molecular complexity index is 800. The molecule has 21 heavy (non-hydrogen) atoms. The number of hydrogen-bond donors (Lipinski definition) is 1. The molecule has 4 rings (SSSR count). The van der Waals surface area contributed by atoms with E-state index < -0.39 is 0 Å². The summed E-state index contributed by atoms with van der Waals surface area (Å²) in [4.78, 5) is 10.4. The second kappa shape index (κ2) is 4.80. The molecule has 0 aromatic carbocycles. The fourth-order valence-electron chi connectivity index (χ4n) is 2.55. The van der Waals surface area contributed by atoms with Gasteiger partial charge in [0, 0.05) is 28.6 Å². The fourth-order valence-corrected chi connectivity index (χ4v) is 3.43. The van der Waals surface area contributed by atoms with Crippen LogP contribution >= 0.6 is 11.3 Å². The number of anilines is 1. The van der Waals surface area contributed by atoms with Gasteiger partial charge in [-0.1, -0.05) is 0 Å². The molecule has 0 aliphatic heterocycles. The maximum atomic E-state index is 4.69. The molecule has 0 bridgehead atoms. The van der Waals surface area contributed by atoms with Gasteiger partial charge in [-0.15, -0.1) is 11.3 Å². The number of aryl methyl sites for hydroxylation is 2. The molecule has 1 aliphatic rings. The molecule has 0 unspecified atom stereocenters. The van der Waals surface area contributed by atoms with Crippen molar-refractivity contribution in [3.8, 4) is 0 Å². The van der Waals surface area contributed by atoms with Gasteiger partial charge in [-0.3, -0.25) is 0 Å². The Morgan fingerprint density at radius 3 is 2.90 bits per heavy atom. The van der Waals surface area contributed by atoms with E-state index in [2.05, 4.69) is 33.4 Å². The molecular weight excluding hydrogens is 282 g/mol. The lowest BCUT2D eigenvalue weighted by Crippen LogP contribution is -2.07. The average Bonchev–Trinajstić information content (AvgIpc) is 3.11. The molecule has 5 nitrogen and oxygen atoms in total. The molecule has 0 spiro atoms. The summed E-state index contributed by atoms with van der Waals surface area (Å²) in [6.45, 7) is 4.89. The van der Waals surface area contributed by atoms with Gasteiger partial charge >= 0.3 is 0 Å². The van der Waals surface area contributed by atoms with Crippen LogP contribution in [0.4, 0.5) is 5.82 Å². The van der Waals surface area contributed by atoms with Crippen LogP contribution in [0.3, 0.4) is 0 Å². The summed E-state index contributed by atoms with van der Waals surface area (Å²) in [5, 5.41) is 8.97. The lowest BCUT2D eigenvalue weighted by Gasteiger charge is -2.09. The maximum absolute atomic E-state index is 4.69. The van der Waals surface area contributed by atoms with Crippen molar-refractivity contribution in [3.63, 3.8) is 0 Å². The second-order valence-electron chi connectivity index (χ2n) is 5.54. The van der Waals surface area contributed by atoms with Gasteiger partial charge in [0.15, 0.2) is 5.65 Å². The van der Waals surface area contributed by atoms with Crippen molar-refractivity contribution in [2.24, 2.45) is 0 Å². The van der Waals surface area contributed by atoms with Crippen LogP contribution in [0.5, 0.6) is 0 Å². The number of fused-ring (bicyclic) bond motifs is 1. The van der Waals surface area contributed by atoms with Crippen LogP contribution in [0.2, 0.25) is 0 Å². The minimum absolute atomic E-state index is 0.637. The summed E-state index contributed by atoms with van der Waals surface area (Å²) >= 11 is 1.74. The minimum atomic E-state index is 0.637. The number of aromatic nitrogens is 4. The lowest BCUT2D eigenvalue weighted by molar-refractivity contribution is 0.900. The van der Waals surface area contributed by atoms with Crippen LogP contribution in [0.25, 0.3) is 5.65 Å². The molecule has 0 amide bonds. The van der Waals surface area contributed by atoms with Gasteiger partial charge in [0.1, 0.15) is 5.82 Å². The van der Waals surface area contributed by atoms with Crippen LogP contribution in [-0.2, 0) is 6.54 Å². The monoisotopic (exact) mass is 299 g/mol.